The number of hydrogen-bond acceptors (Lipinski definition) is 5. The average molecular weight is 392 g/mol. The summed E-state index contributed by atoms with van der Waals surface area (Å²) in [5.41, 5.74) is 5.38. The number of benzene rings is 1. The molecule has 0 amide bonds. The van der Waals surface area contributed by atoms with Gasteiger partial charge < -0.3 is 14.6 Å². The molecule has 0 saturated carbocycles. The smallest absolute Gasteiger partial charge is 0.157 e. The number of aromatic amines is 1. The van der Waals surface area contributed by atoms with Gasteiger partial charge in [-0.3, -0.25) is 4.98 Å². The molecule has 0 spiro atoms. The van der Waals surface area contributed by atoms with Gasteiger partial charge in [-0.2, -0.15) is 0 Å². The number of nitrogens with one attached hydrogen (secondary N) is 1. The van der Waals surface area contributed by atoms with E-state index in [9.17, 15) is 0 Å². The van der Waals surface area contributed by atoms with Gasteiger partial charge in [0.15, 0.2) is 5.82 Å². The van der Waals surface area contributed by atoms with Crippen molar-refractivity contribution in [3.63, 3.8) is 0 Å². The summed E-state index contributed by atoms with van der Waals surface area (Å²) in [5, 5.41) is 0.586. The van der Waals surface area contributed by atoms with Crippen molar-refractivity contribution >= 4 is 28.3 Å². The highest BCUT2D eigenvalue weighted by Gasteiger charge is 2.14. The topological polar surface area (TPSA) is 66.9 Å². The van der Waals surface area contributed by atoms with Crippen LogP contribution in [0.3, 0.4) is 0 Å². The monoisotopic (exact) mass is 391 g/mol. The van der Waals surface area contributed by atoms with Crippen LogP contribution in [0.15, 0.2) is 54.9 Å². The molecule has 4 aromatic rings. The number of anilines is 1. The number of H-pyrrole nitrogens is 1. The van der Waals surface area contributed by atoms with Gasteiger partial charge in [-0.1, -0.05) is 11.6 Å². The molecule has 1 fully saturated rings. The van der Waals surface area contributed by atoms with Crippen molar-refractivity contribution in [2.75, 3.05) is 31.2 Å². The molecule has 1 aromatic carbocycles. The minimum Gasteiger partial charge on any atom is -0.378 e. The maximum atomic E-state index is 6.37. The Morgan fingerprint density at radius 1 is 1.04 bits per heavy atom. The van der Waals surface area contributed by atoms with Crippen molar-refractivity contribution < 1.29 is 4.74 Å². The van der Waals surface area contributed by atoms with E-state index in [-0.39, 0.29) is 0 Å². The molecule has 140 valence electrons. The third kappa shape index (κ3) is 3.21. The van der Waals surface area contributed by atoms with Crippen molar-refractivity contribution in [2.45, 2.75) is 0 Å². The van der Waals surface area contributed by atoms with Crippen molar-refractivity contribution in [3.8, 4) is 22.8 Å². The van der Waals surface area contributed by atoms with Crippen LogP contribution in [0.4, 0.5) is 5.69 Å². The van der Waals surface area contributed by atoms with Gasteiger partial charge in [0.1, 0.15) is 5.69 Å². The molecular formula is C21H18ClN5O. The first kappa shape index (κ1) is 17.2. The first-order chi connectivity index (χ1) is 13.8. The van der Waals surface area contributed by atoms with E-state index in [2.05, 4.69) is 27.0 Å². The number of rotatable bonds is 3. The SMILES string of the molecule is Clc1ccc(-c2nc3ccc(N4CCOCC4)cc3[nH]2)nc1-c1cccnc1. The van der Waals surface area contributed by atoms with Crippen molar-refractivity contribution in [2.24, 2.45) is 0 Å². The Labute approximate surface area is 167 Å². The highest BCUT2D eigenvalue weighted by molar-refractivity contribution is 6.33. The van der Waals surface area contributed by atoms with E-state index in [1.54, 1.807) is 12.4 Å². The number of aromatic nitrogens is 4. The molecular weight excluding hydrogens is 374 g/mol. The molecule has 0 unspecified atom stereocenters. The van der Waals surface area contributed by atoms with Gasteiger partial charge in [-0.25, -0.2) is 9.97 Å². The second-order valence-electron chi connectivity index (χ2n) is 6.65. The van der Waals surface area contributed by atoms with Crippen LogP contribution >= 0.6 is 11.6 Å². The number of imidazole rings is 1. The number of hydrogen-bond donors (Lipinski definition) is 1. The lowest BCUT2D eigenvalue weighted by Crippen LogP contribution is -2.36. The van der Waals surface area contributed by atoms with Crippen LogP contribution in [0.5, 0.6) is 0 Å². The molecule has 5 rings (SSSR count). The quantitative estimate of drug-likeness (QED) is 0.567. The fourth-order valence-electron chi connectivity index (χ4n) is 3.42. The maximum absolute atomic E-state index is 6.37. The van der Waals surface area contributed by atoms with Gasteiger partial charge in [0.25, 0.3) is 0 Å². The zero-order valence-electron chi connectivity index (χ0n) is 15.1. The van der Waals surface area contributed by atoms with E-state index in [4.69, 9.17) is 26.3 Å². The van der Waals surface area contributed by atoms with Gasteiger partial charge in [0.05, 0.1) is 35.0 Å². The predicted molar refractivity (Wildman–Crippen MR) is 111 cm³/mol. The van der Waals surface area contributed by atoms with Crippen LogP contribution in [0, 0.1) is 0 Å². The maximum Gasteiger partial charge on any atom is 0.157 e. The van der Waals surface area contributed by atoms with E-state index >= 15 is 0 Å². The van der Waals surface area contributed by atoms with E-state index in [1.807, 2.05) is 30.3 Å². The van der Waals surface area contributed by atoms with Gasteiger partial charge in [0.2, 0.25) is 0 Å². The molecule has 0 radical (unpaired) electrons. The molecule has 0 atom stereocenters. The summed E-state index contributed by atoms with van der Waals surface area (Å²) in [5.74, 6) is 0.718. The standard InChI is InChI=1S/C21H18ClN5O/c22-16-4-6-18(24-20(16)14-2-1-7-23-13-14)21-25-17-5-3-15(12-19(17)26-21)27-8-10-28-11-9-27/h1-7,12-13H,8-11H2,(H,25,26). The average Bonchev–Trinajstić information content (AvgIpc) is 3.19. The summed E-state index contributed by atoms with van der Waals surface area (Å²) in [4.78, 5) is 19.3. The highest BCUT2D eigenvalue weighted by atomic mass is 35.5. The van der Waals surface area contributed by atoms with Crippen molar-refractivity contribution in [1.82, 2.24) is 19.9 Å². The number of nitrogens with zero attached hydrogens (tertiary/aromatic N) is 4. The summed E-state index contributed by atoms with van der Waals surface area (Å²) in [6, 6.07) is 13.8. The first-order valence-electron chi connectivity index (χ1n) is 9.18. The predicted octanol–water partition coefficient (Wildman–Crippen LogP) is 4.18. The van der Waals surface area contributed by atoms with E-state index in [1.165, 1.54) is 5.69 Å². The molecule has 0 bridgehead atoms. The van der Waals surface area contributed by atoms with Crippen LogP contribution in [0.25, 0.3) is 33.8 Å². The Bertz CT molecular complexity index is 1120. The van der Waals surface area contributed by atoms with Crippen LogP contribution < -0.4 is 4.90 Å². The summed E-state index contributed by atoms with van der Waals surface area (Å²) >= 11 is 6.37. The molecule has 3 aromatic heterocycles. The molecule has 28 heavy (non-hydrogen) atoms. The molecule has 6 nitrogen and oxygen atoms in total. The third-order valence-electron chi connectivity index (χ3n) is 4.87. The fraction of sp³-hybridized carbons (Fsp3) is 0.190. The zero-order chi connectivity index (χ0) is 18.9. The largest absolute Gasteiger partial charge is 0.378 e. The lowest BCUT2D eigenvalue weighted by atomic mass is 10.2. The summed E-state index contributed by atoms with van der Waals surface area (Å²) in [7, 11) is 0. The number of halogens is 1. The van der Waals surface area contributed by atoms with Gasteiger partial charge >= 0.3 is 0 Å². The molecule has 0 aliphatic carbocycles. The van der Waals surface area contributed by atoms with Crippen LogP contribution in [-0.4, -0.2) is 46.2 Å². The molecule has 7 heteroatoms. The Morgan fingerprint density at radius 2 is 1.93 bits per heavy atom. The van der Waals surface area contributed by atoms with Crippen LogP contribution in [0.1, 0.15) is 0 Å². The summed E-state index contributed by atoms with van der Waals surface area (Å²) in [6.45, 7) is 3.33. The number of ether oxygens (including phenoxy) is 1. The summed E-state index contributed by atoms with van der Waals surface area (Å²) in [6.07, 6.45) is 3.48. The molecule has 4 heterocycles. The minimum absolute atomic E-state index is 0.586. The lowest BCUT2D eigenvalue weighted by molar-refractivity contribution is 0.122. The Balaban J connectivity index is 1.52. The van der Waals surface area contributed by atoms with Gasteiger partial charge in [-0.05, 0) is 42.5 Å². The van der Waals surface area contributed by atoms with Crippen LogP contribution in [-0.2, 0) is 4.74 Å². The van der Waals surface area contributed by atoms with Crippen molar-refractivity contribution in [3.05, 3.63) is 59.9 Å². The highest BCUT2D eigenvalue weighted by Crippen LogP contribution is 2.29. The fourth-order valence-corrected chi connectivity index (χ4v) is 3.63. The normalized spacial score (nSPS) is 14.5. The minimum atomic E-state index is 0.586. The Kier molecular flexibility index (Phi) is 4.43. The Hall–Kier alpha value is -2.96. The number of pyridine rings is 2. The van der Waals surface area contributed by atoms with E-state index in [0.29, 0.717) is 10.7 Å². The zero-order valence-corrected chi connectivity index (χ0v) is 15.9. The van der Waals surface area contributed by atoms with Gasteiger partial charge in [-0.15, -0.1) is 0 Å². The van der Waals surface area contributed by atoms with Crippen molar-refractivity contribution in [1.29, 1.82) is 0 Å². The van der Waals surface area contributed by atoms with E-state index < -0.39 is 0 Å². The van der Waals surface area contributed by atoms with E-state index in [0.717, 1.165) is 54.4 Å². The Morgan fingerprint density at radius 3 is 2.75 bits per heavy atom. The molecule has 1 saturated heterocycles. The molecule has 1 aliphatic heterocycles. The number of morpholine rings is 1. The third-order valence-corrected chi connectivity index (χ3v) is 5.17. The molecule has 1 N–H and O–H groups in total. The van der Waals surface area contributed by atoms with Crippen LogP contribution in [0.2, 0.25) is 5.02 Å². The molecule has 1 aliphatic rings. The lowest BCUT2D eigenvalue weighted by Gasteiger charge is -2.28. The second kappa shape index (κ2) is 7.22. The number of fused-ring (bicyclic) bond motifs is 1. The van der Waals surface area contributed by atoms with Gasteiger partial charge in [0, 0.05) is 36.7 Å². The summed E-state index contributed by atoms with van der Waals surface area (Å²) < 4.78 is 5.44. The first-order valence-corrected chi connectivity index (χ1v) is 9.55. The second-order valence-corrected chi connectivity index (χ2v) is 7.06.